The molecule has 1 saturated heterocycles. The number of hydrogen-bond donors (Lipinski definition) is 2. The lowest BCUT2D eigenvalue weighted by atomic mass is 10.3. The Morgan fingerprint density at radius 1 is 1.40 bits per heavy atom. The van der Waals surface area contributed by atoms with E-state index in [1.165, 1.54) is 17.5 Å². The number of likely N-dealkylation sites (tertiary alicyclic amines) is 1. The minimum atomic E-state index is -3.63. The fourth-order valence-electron chi connectivity index (χ4n) is 2.66. The molecule has 2 heterocycles. The monoisotopic (exact) mass is 301 g/mol. The molecule has 1 aliphatic heterocycles. The third-order valence-corrected chi connectivity index (χ3v) is 5.41. The molecule has 0 saturated carbocycles. The highest BCUT2D eigenvalue weighted by Gasteiger charge is 2.27. The second kappa shape index (κ2) is 5.71. The third-order valence-electron chi connectivity index (χ3n) is 3.66. The number of nitrogens with zero attached hydrogens (tertiary/aromatic N) is 3. The Balaban J connectivity index is 2.10. The Hall–Kier alpha value is -1.12. The van der Waals surface area contributed by atoms with Crippen molar-refractivity contribution >= 4 is 15.8 Å². The number of aryl methyl sites for hydroxylation is 1. The summed E-state index contributed by atoms with van der Waals surface area (Å²) in [6, 6.07) is -0.155. The summed E-state index contributed by atoms with van der Waals surface area (Å²) in [4.78, 5) is 2.36. The molecule has 7 nitrogen and oxygen atoms in total. The van der Waals surface area contributed by atoms with Crippen LogP contribution in [-0.2, 0) is 17.1 Å². The van der Waals surface area contributed by atoms with Crippen molar-refractivity contribution in [2.75, 3.05) is 25.4 Å². The summed E-state index contributed by atoms with van der Waals surface area (Å²) in [7, 11) is -1.95. The smallest absolute Gasteiger partial charge is 0.246 e. The van der Waals surface area contributed by atoms with Gasteiger partial charge in [-0.1, -0.05) is 0 Å². The number of hydrogen-bond acceptors (Lipinski definition) is 5. The van der Waals surface area contributed by atoms with Crippen molar-refractivity contribution in [1.29, 1.82) is 0 Å². The SMILES string of the molecule is Cc1c(S(=O)(=O)NC(C)CN2CCCC2)c(N)nn1C. The summed E-state index contributed by atoms with van der Waals surface area (Å²) in [6.45, 7) is 6.37. The molecule has 3 N–H and O–H groups in total. The van der Waals surface area contributed by atoms with Crippen LogP contribution in [-0.4, -0.2) is 48.8 Å². The summed E-state index contributed by atoms with van der Waals surface area (Å²) in [5.74, 6) is 0.0471. The van der Waals surface area contributed by atoms with E-state index in [1.807, 2.05) is 6.92 Å². The summed E-state index contributed by atoms with van der Waals surface area (Å²) in [5, 5.41) is 3.95. The zero-order valence-corrected chi connectivity index (χ0v) is 13.1. The number of nitrogens with two attached hydrogens (primary N) is 1. The number of nitrogen functional groups attached to an aromatic ring is 1. The molecule has 8 heteroatoms. The molecule has 0 aromatic carbocycles. The van der Waals surface area contributed by atoms with Crippen molar-refractivity contribution in [3.63, 3.8) is 0 Å². The first kappa shape index (κ1) is 15.3. The standard InChI is InChI=1S/C12H23N5O2S/c1-9(8-17-6-4-5-7-17)15-20(18,19)11-10(2)16(3)14-12(11)13/h9,15H,4-8H2,1-3H3,(H2,13,14). The lowest BCUT2D eigenvalue weighted by Gasteiger charge is -2.21. The lowest BCUT2D eigenvalue weighted by molar-refractivity contribution is 0.313. The van der Waals surface area contributed by atoms with E-state index >= 15 is 0 Å². The molecule has 20 heavy (non-hydrogen) atoms. The number of sulfonamides is 1. The fourth-order valence-corrected chi connectivity index (χ4v) is 4.22. The van der Waals surface area contributed by atoms with Crippen LogP contribution in [0, 0.1) is 6.92 Å². The van der Waals surface area contributed by atoms with Gasteiger partial charge in [0, 0.05) is 19.6 Å². The molecule has 1 atom stereocenters. The zero-order valence-electron chi connectivity index (χ0n) is 12.3. The number of anilines is 1. The van der Waals surface area contributed by atoms with Gasteiger partial charge in [0.1, 0.15) is 4.90 Å². The normalized spacial score (nSPS) is 18.6. The Bertz CT molecular complexity index is 575. The van der Waals surface area contributed by atoms with Crippen molar-refractivity contribution in [2.45, 2.75) is 37.6 Å². The van der Waals surface area contributed by atoms with Crippen LogP contribution in [0.5, 0.6) is 0 Å². The van der Waals surface area contributed by atoms with Gasteiger partial charge < -0.3 is 10.6 Å². The molecule has 0 radical (unpaired) electrons. The van der Waals surface area contributed by atoms with Gasteiger partial charge in [-0.15, -0.1) is 0 Å². The average molecular weight is 301 g/mol. The molecule has 0 aliphatic carbocycles. The molecule has 1 aliphatic rings. The van der Waals surface area contributed by atoms with Crippen LogP contribution < -0.4 is 10.5 Å². The minimum absolute atomic E-state index is 0.0471. The van der Waals surface area contributed by atoms with Crippen LogP contribution >= 0.6 is 0 Å². The van der Waals surface area contributed by atoms with Crippen molar-refractivity contribution < 1.29 is 8.42 Å². The number of aromatic nitrogens is 2. The maximum Gasteiger partial charge on any atom is 0.246 e. The van der Waals surface area contributed by atoms with Crippen LogP contribution in [0.2, 0.25) is 0 Å². The van der Waals surface area contributed by atoms with E-state index in [9.17, 15) is 8.42 Å². The summed E-state index contributed by atoms with van der Waals surface area (Å²) in [5.41, 5.74) is 6.25. The molecule has 0 amide bonds. The second-order valence-corrected chi connectivity index (χ2v) is 7.10. The van der Waals surface area contributed by atoms with E-state index in [0.29, 0.717) is 5.69 Å². The highest BCUT2D eigenvalue weighted by atomic mass is 32.2. The molecule has 1 unspecified atom stereocenters. The van der Waals surface area contributed by atoms with Gasteiger partial charge in [-0.05, 0) is 39.8 Å². The highest BCUT2D eigenvalue weighted by Crippen LogP contribution is 2.21. The lowest BCUT2D eigenvalue weighted by Crippen LogP contribution is -2.41. The highest BCUT2D eigenvalue weighted by molar-refractivity contribution is 7.89. The first-order valence-corrected chi connectivity index (χ1v) is 8.33. The van der Waals surface area contributed by atoms with Crippen LogP contribution in [0.4, 0.5) is 5.82 Å². The molecular formula is C12H23N5O2S. The van der Waals surface area contributed by atoms with Gasteiger partial charge >= 0.3 is 0 Å². The predicted molar refractivity (Wildman–Crippen MR) is 77.8 cm³/mol. The van der Waals surface area contributed by atoms with Crippen LogP contribution in [0.25, 0.3) is 0 Å². The fraction of sp³-hybridized carbons (Fsp3) is 0.750. The Morgan fingerprint density at radius 2 is 2.00 bits per heavy atom. The maximum absolute atomic E-state index is 12.4. The second-order valence-electron chi connectivity index (χ2n) is 5.45. The van der Waals surface area contributed by atoms with Gasteiger partial charge in [0.15, 0.2) is 5.82 Å². The maximum atomic E-state index is 12.4. The quantitative estimate of drug-likeness (QED) is 0.803. The molecule has 2 rings (SSSR count). The zero-order chi connectivity index (χ0) is 14.9. The van der Waals surface area contributed by atoms with E-state index in [4.69, 9.17) is 5.73 Å². The van der Waals surface area contributed by atoms with Gasteiger partial charge in [-0.2, -0.15) is 5.10 Å². The molecule has 0 spiro atoms. The summed E-state index contributed by atoms with van der Waals surface area (Å²) >= 11 is 0. The topological polar surface area (TPSA) is 93.2 Å². The van der Waals surface area contributed by atoms with E-state index < -0.39 is 10.0 Å². The van der Waals surface area contributed by atoms with Gasteiger partial charge in [-0.3, -0.25) is 4.68 Å². The van der Waals surface area contributed by atoms with E-state index in [-0.39, 0.29) is 16.8 Å². The number of nitrogens with one attached hydrogen (secondary N) is 1. The van der Waals surface area contributed by atoms with Crippen molar-refractivity contribution in [3.05, 3.63) is 5.69 Å². The van der Waals surface area contributed by atoms with Crippen molar-refractivity contribution in [2.24, 2.45) is 7.05 Å². The van der Waals surface area contributed by atoms with Gasteiger partial charge in [0.05, 0.1) is 5.69 Å². The number of rotatable bonds is 5. The third kappa shape index (κ3) is 3.13. The summed E-state index contributed by atoms with van der Waals surface area (Å²) in [6.07, 6.45) is 2.38. The predicted octanol–water partition coefficient (Wildman–Crippen LogP) is 0.0733. The largest absolute Gasteiger partial charge is 0.381 e. The van der Waals surface area contributed by atoms with E-state index in [0.717, 1.165) is 19.6 Å². The molecule has 1 fully saturated rings. The first-order valence-electron chi connectivity index (χ1n) is 6.85. The Kier molecular flexibility index (Phi) is 4.36. The van der Waals surface area contributed by atoms with Crippen LogP contribution in [0.15, 0.2) is 4.90 Å². The Labute approximate surface area is 120 Å². The van der Waals surface area contributed by atoms with Crippen molar-refractivity contribution in [1.82, 2.24) is 19.4 Å². The van der Waals surface area contributed by atoms with Crippen LogP contribution in [0.1, 0.15) is 25.5 Å². The van der Waals surface area contributed by atoms with Crippen molar-refractivity contribution in [3.8, 4) is 0 Å². The molecule has 1 aromatic rings. The average Bonchev–Trinajstić information content (AvgIpc) is 2.87. The van der Waals surface area contributed by atoms with Crippen LogP contribution in [0.3, 0.4) is 0 Å². The van der Waals surface area contributed by atoms with Gasteiger partial charge in [0.25, 0.3) is 0 Å². The molecule has 1 aromatic heterocycles. The first-order chi connectivity index (χ1) is 9.31. The van der Waals surface area contributed by atoms with Gasteiger partial charge in [0.2, 0.25) is 10.0 Å². The minimum Gasteiger partial charge on any atom is -0.381 e. The molecule has 0 bridgehead atoms. The van der Waals surface area contributed by atoms with E-state index in [1.54, 1.807) is 14.0 Å². The van der Waals surface area contributed by atoms with E-state index in [2.05, 4.69) is 14.7 Å². The van der Waals surface area contributed by atoms with Gasteiger partial charge in [-0.25, -0.2) is 13.1 Å². The Morgan fingerprint density at radius 3 is 2.50 bits per heavy atom. The summed E-state index contributed by atoms with van der Waals surface area (Å²) < 4.78 is 29.0. The molecular weight excluding hydrogens is 278 g/mol. The molecule has 114 valence electrons.